The Kier molecular flexibility index (Phi) is 7.90. The first-order valence-corrected chi connectivity index (χ1v) is 4.69. The summed E-state index contributed by atoms with van der Waals surface area (Å²) in [4.78, 5) is 4.11. The Hall–Kier alpha value is -1.31. The van der Waals surface area contributed by atoms with Gasteiger partial charge < -0.3 is 5.32 Å². The van der Waals surface area contributed by atoms with Crippen LogP contribution < -0.4 is 5.32 Å². The summed E-state index contributed by atoms with van der Waals surface area (Å²) in [6, 6.07) is 5.81. The molecule has 0 aliphatic heterocycles. The van der Waals surface area contributed by atoms with E-state index >= 15 is 0 Å². The Morgan fingerprint density at radius 2 is 2.15 bits per heavy atom. The standard InChI is InChI=1S/C9H12N2.C2H6/c1-2-3-7-10-9-6-4-5-8-11-9;1-2/h2-6,8H,7H2,1H3,(H,10,11);1-2H3/b3-2+;. The molecular weight excluding hydrogens is 160 g/mol. The first-order chi connectivity index (χ1) is 6.43. The number of anilines is 1. The van der Waals surface area contributed by atoms with E-state index in [1.54, 1.807) is 6.20 Å². The molecule has 0 amide bonds. The first-order valence-electron chi connectivity index (χ1n) is 4.69. The third-order valence-corrected chi connectivity index (χ3v) is 1.30. The van der Waals surface area contributed by atoms with E-state index in [9.17, 15) is 0 Å². The van der Waals surface area contributed by atoms with E-state index in [4.69, 9.17) is 0 Å². The topological polar surface area (TPSA) is 24.9 Å². The van der Waals surface area contributed by atoms with Crippen molar-refractivity contribution in [3.05, 3.63) is 36.5 Å². The highest BCUT2D eigenvalue weighted by Gasteiger charge is 1.84. The van der Waals surface area contributed by atoms with E-state index in [0.29, 0.717) is 0 Å². The van der Waals surface area contributed by atoms with Crippen LogP contribution in [0.15, 0.2) is 36.5 Å². The summed E-state index contributed by atoms with van der Waals surface area (Å²) in [6.45, 7) is 6.84. The first kappa shape index (κ1) is 11.7. The quantitative estimate of drug-likeness (QED) is 0.719. The van der Waals surface area contributed by atoms with Crippen molar-refractivity contribution in [2.75, 3.05) is 11.9 Å². The van der Waals surface area contributed by atoms with Crippen molar-refractivity contribution in [1.29, 1.82) is 0 Å². The number of aromatic nitrogens is 1. The average Bonchev–Trinajstić information content (AvgIpc) is 2.23. The zero-order chi connectivity index (χ0) is 9.94. The maximum Gasteiger partial charge on any atom is 0.126 e. The fourth-order valence-electron chi connectivity index (χ4n) is 0.749. The van der Waals surface area contributed by atoms with Gasteiger partial charge >= 0.3 is 0 Å². The Morgan fingerprint density at radius 1 is 1.38 bits per heavy atom. The van der Waals surface area contributed by atoms with Crippen LogP contribution in [0.3, 0.4) is 0 Å². The molecule has 2 nitrogen and oxygen atoms in total. The highest BCUT2D eigenvalue weighted by molar-refractivity contribution is 5.33. The predicted molar refractivity (Wildman–Crippen MR) is 58.9 cm³/mol. The lowest BCUT2D eigenvalue weighted by atomic mass is 10.4. The Morgan fingerprint density at radius 3 is 2.69 bits per heavy atom. The van der Waals surface area contributed by atoms with Crippen LogP contribution in [0.4, 0.5) is 5.82 Å². The average molecular weight is 178 g/mol. The van der Waals surface area contributed by atoms with Crippen LogP contribution in [-0.2, 0) is 0 Å². The van der Waals surface area contributed by atoms with Crippen molar-refractivity contribution in [2.45, 2.75) is 20.8 Å². The molecular formula is C11H18N2. The second-order valence-electron chi connectivity index (χ2n) is 2.16. The Balaban J connectivity index is 0.000000671. The van der Waals surface area contributed by atoms with Gasteiger partial charge in [-0.15, -0.1) is 0 Å². The van der Waals surface area contributed by atoms with E-state index in [1.165, 1.54) is 0 Å². The van der Waals surface area contributed by atoms with Crippen LogP contribution in [0.5, 0.6) is 0 Å². The summed E-state index contributed by atoms with van der Waals surface area (Å²) in [6.07, 6.45) is 5.84. The highest BCUT2D eigenvalue weighted by Crippen LogP contribution is 1.97. The van der Waals surface area contributed by atoms with E-state index in [-0.39, 0.29) is 0 Å². The monoisotopic (exact) mass is 178 g/mol. The fourth-order valence-corrected chi connectivity index (χ4v) is 0.749. The van der Waals surface area contributed by atoms with Gasteiger partial charge in [-0.3, -0.25) is 0 Å². The Bertz CT molecular complexity index is 217. The van der Waals surface area contributed by atoms with Crippen molar-refractivity contribution in [2.24, 2.45) is 0 Å². The lowest BCUT2D eigenvalue weighted by molar-refractivity contribution is 1.22. The number of hydrogen-bond donors (Lipinski definition) is 1. The minimum Gasteiger partial charge on any atom is -0.367 e. The van der Waals surface area contributed by atoms with Crippen LogP contribution in [0.1, 0.15) is 20.8 Å². The predicted octanol–water partition coefficient (Wildman–Crippen LogP) is 3.10. The van der Waals surface area contributed by atoms with Crippen LogP contribution in [0.2, 0.25) is 0 Å². The smallest absolute Gasteiger partial charge is 0.126 e. The molecule has 0 aliphatic rings. The summed E-state index contributed by atoms with van der Waals surface area (Å²) >= 11 is 0. The van der Waals surface area contributed by atoms with Gasteiger partial charge in [0, 0.05) is 12.7 Å². The zero-order valence-corrected chi connectivity index (χ0v) is 8.62. The Labute approximate surface area is 80.7 Å². The SMILES string of the molecule is C/C=C/CNc1ccccn1.CC. The molecule has 1 aromatic heterocycles. The fraction of sp³-hybridized carbons (Fsp3) is 0.364. The molecule has 13 heavy (non-hydrogen) atoms. The lowest BCUT2D eigenvalue weighted by Gasteiger charge is -1.99. The molecule has 1 heterocycles. The van der Waals surface area contributed by atoms with Crippen molar-refractivity contribution >= 4 is 5.82 Å². The summed E-state index contributed by atoms with van der Waals surface area (Å²) < 4.78 is 0. The minimum atomic E-state index is 0.841. The largest absolute Gasteiger partial charge is 0.367 e. The summed E-state index contributed by atoms with van der Waals surface area (Å²) in [5, 5.41) is 3.15. The number of rotatable bonds is 3. The maximum atomic E-state index is 4.11. The van der Waals surface area contributed by atoms with Gasteiger partial charge in [0.15, 0.2) is 0 Å². The molecule has 0 bridgehead atoms. The van der Waals surface area contributed by atoms with Gasteiger partial charge in [-0.2, -0.15) is 0 Å². The number of nitrogens with one attached hydrogen (secondary N) is 1. The molecule has 0 spiro atoms. The van der Waals surface area contributed by atoms with Crippen molar-refractivity contribution in [3.63, 3.8) is 0 Å². The van der Waals surface area contributed by atoms with E-state index in [1.807, 2.05) is 45.0 Å². The van der Waals surface area contributed by atoms with E-state index in [0.717, 1.165) is 12.4 Å². The van der Waals surface area contributed by atoms with Gasteiger partial charge in [-0.1, -0.05) is 32.1 Å². The zero-order valence-electron chi connectivity index (χ0n) is 8.62. The number of hydrogen-bond acceptors (Lipinski definition) is 2. The van der Waals surface area contributed by atoms with Crippen molar-refractivity contribution in [1.82, 2.24) is 4.98 Å². The van der Waals surface area contributed by atoms with Gasteiger partial charge in [0.2, 0.25) is 0 Å². The molecule has 0 saturated heterocycles. The number of allylic oxidation sites excluding steroid dienone is 1. The van der Waals surface area contributed by atoms with Crippen LogP contribution in [-0.4, -0.2) is 11.5 Å². The lowest BCUT2D eigenvalue weighted by Crippen LogP contribution is -1.98. The molecule has 1 aromatic rings. The molecule has 1 rings (SSSR count). The normalized spacial score (nSPS) is 9.15. The third-order valence-electron chi connectivity index (χ3n) is 1.30. The number of nitrogens with zero attached hydrogens (tertiary/aromatic N) is 1. The molecule has 2 heteroatoms. The minimum absolute atomic E-state index is 0.841. The molecule has 0 radical (unpaired) electrons. The molecule has 0 atom stereocenters. The van der Waals surface area contributed by atoms with E-state index in [2.05, 4.69) is 16.4 Å². The van der Waals surface area contributed by atoms with Gasteiger partial charge in [0.1, 0.15) is 5.82 Å². The summed E-state index contributed by atoms with van der Waals surface area (Å²) in [7, 11) is 0. The van der Waals surface area contributed by atoms with E-state index < -0.39 is 0 Å². The molecule has 0 aliphatic carbocycles. The van der Waals surface area contributed by atoms with Crippen LogP contribution >= 0.6 is 0 Å². The second kappa shape index (κ2) is 8.78. The molecule has 0 unspecified atom stereocenters. The third kappa shape index (κ3) is 5.91. The molecule has 0 aromatic carbocycles. The second-order valence-corrected chi connectivity index (χ2v) is 2.16. The van der Waals surface area contributed by atoms with Gasteiger partial charge in [-0.05, 0) is 19.1 Å². The van der Waals surface area contributed by atoms with Crippen LogP contribution in [0.25, 0.3) is 0 Å². The molecule has 1 N–H and O–H groups in total. The highest BCUT2D eigenvalue weighted by atomic mass is 15.0. The summed E-state index contributed by atoms with van der Waals surface area (Å²) in [5.41, 5.74) is 0. The van der Waals surface area contributed by atoms with Crippen molar-refractivity contribution < 1.29 is 0 Å². The van der Waals surface area contributed by atoms with Gasteiger partial charge in [0.05, 0.1) is 0 Å². The van der Waals surface area contributed by atoms with Gasteiger partial charge in [0.25, 0.3) is 0 Å². The van der Waals surface area contributed by atoms with Crippen LogP contribution in [0, 0.1) is 0 Å². The molecule has 0 saturated carbocycles. The van der Waals surface area contributed by atoms with Gasteiger partial charge in [-0.25, -0.2) is 4.98 Å². The maximum absolute atomic E-state index is 4.11. The molecule has 0 fully saturated rings. The summed E-state index contributed by atoms with van der Waals surface area (Å²) in [5.74, 6) is 0.922. The number of pyridine rings is 1. The molecule has 72 valence electrons. The van der Waals surface area contributed by atoms with Crippen molar-refractivity contribution in [3.8, 4) is 0 Å².